The Morgan fingerprint density at radius 2 is 1.45 bits per heavy atom. The van der Waals surface area contributed by atoms with E-state index in [9.17, 15) is 0 Å². The smallest absolute Gasteiger partial charge is 0.247 e. The number of aromatic nitrogens is 2. The van der Waals surface area contributed by atoms with Gasteiger partial charge in [-0.15, -0.1) is 0 Å². The first-order valence-corrected chi connectivity index (χ1v) is 10.5. The number of nitrogens with zero attached hydrogens (tertiary/aromatic N) is 4. The quantitative estimate of drug-likeness (QED) is 0.253. The Kier molecular flexibility index (Phi) is 6.38. The summed E-state index contributed by atoms with van der Waals surface area (Å²) in [5, 5.41) is 6.22. The van der Waals surface area contributed by atoms with Crippen molar-refractivity contribution in [2.45, 2.75) is 0 Å². The van der Waals surface area contributed by atoms with Crippen LogP contribution in [0.3, 0.4) is 0 Å². The van der Waals surface area contributed by atoms with E-state index in [1.165, 1.54) is 0 Å². The Morgan fingerprint density at radius 3 is 2.06 bits per heavy atom. The molecular formula is C25H21BrN4O. The summed E-state index contributed by atoms with van der Waals surface area (Å²) in [7, 11) is 3.49. The third-order valence-corrected chi connectivity index (χ3v) is 5.24. The molecule has 0 radical (unpaired) electrons. The Bertz CT molecular complexity index is 1180. The third-order valence-electron chi connectivity index (χ3n) is 4.71. The van der Waals surface area contributed by atoms with Gasteiger partial charge in [0.2, 0.25) is 5.95 Å². The Hall–Kier alpha value is -3.51. The van der Waals surface area contributed by atoms with Gasteiger partial charge in [0, 0.05) is 22.6 Å². The van der Waals surface area contributed by atoms with E-state index in [2.05, 4.69) is 21.0 Å². The number of rotatable bonds is 6. The predicted molar refractivity (Wildman–Crippen MR) is 130 cm³/mol. The lowest BCUT2D eigenvalue weighted by molar-refractivity contribution is 0.415. The maximum Gasteiger partial charge on any atom is 0.247 e. The molecule has 0 fully saturated rings. The molecule has 0 N–H and O–H groups in total. The molecule has 154 valence electrons. The standard InChI is InChI=1S/C25H21BrN4O/c1-30(27-17-18-8-14-22(31-2)15-9-18)25-28-23(19-6-4-3-5-7-19)16-24(29-25)20-10-12-21(26)13-11-20/h3-17H,1-2H3. The summed E-state index contributed by atoms with van der Waals surface area (Å²) in [6, 6.07) is 27.9. The van der Waals surface area contributed by atoms with Gasteiger partial charge in [-0.3, -0.25) is 0 Å². The molecule has 0 saturated carbocycles. The van der Waals surface area contributed by atoms with Crippen molar-refractivity contribution in [1.29, 1.82) is 0 Å². The topological polar surface area (TPSA) is 50.6 Å². The largest absolute Gasteiger partial charge is 0.497 e. The van der Waals surface area contributed by atoms with Crippen LogP contribution in [0.2, 0.25) is 0 Å². The second-order valence-electron chi connectivity index (χ2n) is 6.85. The highest BCUT2D eigenvalue weighted by Gasteiger charge is 2.11. The summed E-state index contributed by atoms with van der Waals surface area (Å²) in [5.74, 6) is 1.33. The summed E-state index contributed by atoms with van der Waals surface area (Å²) < 4.78 is 6.23. The van der Waals surface area contributed by atoms with Crippen molar-refractivity contribution >= 4 is 28.1 Å². The molecule has 6 heteroatoms. The van der Waals surface area contributed by atoms with E-state index in [4.69, 9.17) is 14.7 Å². The zero-order valence-corrected chi connectivity index (χ0v) is 18.8. The Balaban J connectivity index is 1.70. The van der Waals surface area contributed by atoms with Crippen LogP contribution in [0.1, 0.15) is 5.56 Å². The maximum absolute atomic E-state index is 5.20. The van der Waals surface area contributed by atoms with Gasteiger partial charge in [0.25, 0.3) is 0 Å². The van der Waals surface area contributed by atoms with Gasteiger partial charge in [-0.25, -0.2) is 15.0 Å². The van der Waals surface area contributed by atoms with Gasteiger partial charge in [-0.1, -0.05) is 58.4 Å². The molecule has 0 bridgehead atoms. The van der Waals surface area contributed by atoms with Gasteiger partial charge in [0.1, 0.15) is 5.75 Å². The van der Waals surface area contributed by atoms with Crippen LogP contribution in [-0.4, -0.2) is 30.3 Å². The Morgan fingerprint density at radius 1 is 0.839 bits per heavy atom. The highest BCUT2D eigenvalue weighted by atomic mass is 79.9. The van der Waals surface area contributed by atoms with E-state index < -0.39 is 0 Å². The fraction of sp³-hybridized carbons (Fsp3) is 0.0800. The summed E-state index contributed by atoms with van der Waals surface area (Å²) in [6.45, 7) is 0. The lowest BCUT2D eigenvalue weighted by atomic mass is 10.1. The van der Waals surface area contributed by atoms with Gasteiger partial charge in [0.15, 0.2) is 0 Å². The zero-order chi connectivity index (χ0) is 21.6. The summed E-state index contributed by atoms with van der Waals surface area (Å²) in [5.41, 5.74) is 4.67. The number of methoxy groups -OCH3 is 1. The Labute approximate surface area is 190 Å². The van der Waals surface area contributed by atoms with Gasteiger partial charge in [-0.05, 0) is 48.0 Å². The normalized spacial score (nSPS) is 10.9. The van der Waals surface area contributed by atoms with E-state index in [0.29, 0.717) is 5.95 Å². The number of anilines is 1. The van der Waals surface area contributed by atoms with E-state index in [-0.39, 0.29) is 0 Å². The molecule has 5 nitrogen and oxygen atoms in total. The van der Waals surface area contributed by atoms with Gasteiger partial charge in [-0.2, -0.15) is 5.10 Å². The second-order valence-corrected chi connectivity index (χ2v) is 7.77. The van der Waals surface area contributed by atoms with E-state index in [1.807, 2.05) is 92.0 Å². The molecule has 1 aromatic heterocycles. The van der Waals surface area contributed by atoms with Crippen molar-refractivity contribution in [3.63, 3.8) is 0 Å². The number of hydrogen-bond acceptors (Lipinski definition) is 5. The minimum absolute atomic E-state index is 0.518. The lowest BCUT2D eigenvalue weighted by Gasteiger charge is -2.14. The van der Waals surface area contributed by atoms with E-state index in [0.717, 1.165) is 38.3 Å². The van der Waals surface area contributed by atoms with Crippen molar-refractivity contribution in [2.24, 2.45) is 5.10 Å². The molecule has 4 aromatic rings. The lowest BCUT2D eigenvalue weighted by Crippen LogP contribution is -2.13. The summed E-state index contributed by atoms with van der Waals surface area (Å²) >= 11 is 3.49. The van der Waals surface area contributed by atoms with E-state index >= 15 is 0 Å². The van der Waals surface area contributed by atoms with Crippen LogP contribution >= 0.6 is 15.9 Å². The van der Waals surface area contributed by atoms with Crippen LogP contribution in [0.25, 0.3) is 22.5 Å². The number of hydrogen-bond donors (Lipinski definition) is 0. The van der Waals surface area contributed by atoms with Gasteiger partial charge >= 0.3 is 0 Å². The van der Waals surface area contributed by atoms with Crippen LogP contribution in [0.15, 0.2) is 94.5 Å². The van der Waals surface area contributed by atoms with Crippen LogP contribution in [0.4, 0.5) is 5.95 Å². The average molecular weight is 473 g/mol. The van der Waals surface area contributed by atoms with Crippen LogP contribution in [-0.2, 0) is 0 Å². The monoisotopic (exact) mass is 472 g/mol. The van der Waals surface area contributed by atoms with E-state index in [1.54, 1.807) is 18.3 Å². The minimum Gasteiger partial charge on any atom is -0.497 e. The first kappa shape index (κ1) is 20.8. The van der Waals surface area contributed by atoms with Crippen molar-refractivity contribution < 1.29 is 4.74 Å². The number of halogens is 1. The van der Waals surface area contributed by atoms with Crippen molar-refractivity contribution in [3.05, 3.63) is 95.0 Å². The SMILES string of the molecule is COc1ccc(C=NN(C)c2nc(-c3ccccc3)cc(-c3ccc(Br)cc3)n2)cc1. The summed E-state index contributed by atoms with van der Waals surface area (Å²) in [4.78, 5) is 9.52. The molecule has 0 aliphatic heterocycles. The highest BCUT2D eigenvalue weighted by Crippen LogP contribution is 2.27. The highest BCUT2D eigenvalue weighted by molar-refractivity contribution is 9.10. The van der Waals surface area contributed by atoms with Crippen LogP contribution in [0, 0.1) is 0 Å². The summed E-state index contributed by atoms with van der Waals surface area (Å²) in [6.07, 6.45) is 1.78. The molecule has 4 rings (SSSR count). The molecule has 3 aromatic carbocycles. The number of benzene rings is 3. The molecule has 0 saturated heterocycles. The number of hydrazone groups is 1. The van der Waals surface area contributed by atoms with Gasteiger partial charge < -0.3 is 4.74 Å². The third kappa shape index (κ3) is 5.16. The molecule has 31 heavy (non-hydrogen) atoms. The molecule has 0 aliphatic rings. The average Bonchev–Trinajstić information content (AvgIpc) is 2.83. The second kappa shape index (κ2) is 9.53. The van der Waals surface area contributed by atoms with Crippen molar-refractivity contribution in [2.75, 3.05) is 19.2 Å². The molecule has 0 unspecified atom stereocenters. The van der Waals surface area contributed by atoms with Gasteiger partial charge in [0.05, 0.1) is 24.7 Å². The molecule has 0 aliphatic carbocycles. The fourth-order valence-corrected chi connectivity index (χ4v) is 3.26. The fourth-order valence-electron chi connectivity index (χ4n) is 3.00. The first-order valence-electron chi connectivity index (χ1n) is 9.74. The minimum atomic E-state index is 0.518. The van der Waals surface area contributed by atoms with Crippen molar-refractivity contribution in [3.8, 4) is 28.3 Å². The van der Waals surface area contributed by atoms with Crippen molar-refractivity contribution in [1.82, 2.24) is 9.97 Å². The zero-order valence-electron chi connectivity index (χ0n) is 17.2. The van der Waals surface area contributed by atoms with Crippen LogP contribution in [0.5, 0.6) is 5.75 Å². The van der Waals surface area contributed by atoms with Crippen LogP contribution < -0.4 is 9.75 Å². The molecular weight excluding hydrogens is 452 g/mol. The molecule has 0 amide bonds. The number of ether oxygens (including phenoxy) is 1. The molecule has 0 atom stereocenters. The first-order chi connectivity index (χ1) is 15.1. The predicted octanol–water partition coefficient (Wildman–Crippen LogP) is 6.05. The molecule has 0 spiro atoms. The maximum atomic E-state index is 5.20. The molecule has 1 heterocycles.